The van der Waals surface area contributed by atoms with Gasteiger partial charge < -0.3 is 15.1 Å². The Labute approximate surface area is 151 Å². The summed E-state index contributed by atoms with van der Waals surface area (Å²) in [5.41, 5.74) is 1.94. The van der Waals surface area contributed by atoms with E-state index >= 15 is 0 Å². The van der Waals surface area contributed by atoms with E-state index < -0.39 is 11.6 Å². The average Bonchev–Trinajstić information content (AvgIpc) is 2.93. The van der Waals surface area contributed by atoms with Crippen LogP contribution in [0.15, 0.2) is 30.3 Å². The van der Waals surface area contributed by atoms with Crippen molar-refractivity contribution in [3.63, 3.8) is 0 Å². The average molecular weight is 357 g/mol. The van der Waals surface area contributed by atoms with Gasteiger partial charge in [-0.3, -0.25) is 9.48 Å². The first-order chi connectivity index (χ1) is 12.3. The van der Waals surface area contributed by atoms with Crippen LogP contribution in [0.3, 0.4) is 0 Å². The van der Waals surface area contributed by atoms with Gasteiger partial charge in [-0.2, -0.15) is 5.10 Å². The molecule has 3 rings (SSSR count). The molecule has 138 valence electrons. The van der Waals surface area contributed by atoms with Gasteiger partial charge in [0.1, 0.15) is 0 Å². The molecule has 1 aliphatic heterocycles. The molecule has 7 heteroatoms. The van der Waals surface area contributed by atoms with Crippen molar-refractivity contribution in [2.24, 2.45) is 0 Å². The molecule has 1 amide bonds. The zero-order chi connectivity index (χ0) is 18.9. The molecule has 0 radical (unpaired) electrons. The number of aliphatic hydroxyl groups is 1. The summed E-state index contributed by atoms with van der Waals surface area (Å²) in [4.78, 5) is 25.3. The number of hydrogen-bond acceptors (Lipinski definition) is 4. The molecule has 2 N–H and O–H groups in total. The summed E-state index contributed by atoms with van der Waals surface area (Å²) in [6.45, 7) is 5.07. The molecule has 1 aliphatic rings. The Bertz CT molecular complexity index is 818. The standard InChI is InChI=1S/C19H23N3O4/c1-13-11-14(2)22(20-13)12-15-3-5-16(6-4-15)17(23)21-9-7-19(26,8-10-21)18(24)25/h3-6,11,26H,7-10,12H2,1-2H3,(H,24,25). The highest BCUT2D eigenvalue weighted by Gasteiger charge is 2.40. The van der Waals surface area contributed by atoms with Crippen LogP contribution >= 0.6 is 0 Å². The van der Waals surface area contributed by atoms with Crippen LogP contribution in [0.5, 0.6) is 0 Å². The Kier molecular flexibility index (Phi) is 4.82. The second-order valence-electron chi connectivity index (χ2n) is 6.91. The fourth-order valence-electron chi connectivity index (χ4n) is 3.24. The van der Waals surface area contributed by atoms with Gasteiger partial charge in [-0.15, -0.1) is 0 Å². The maximum Gasteiger partial charge on any atom is 0.335 e. The van der Waals surface area contributed by atoms with E-state index in [2.05, 4.69) is 5.10 Å². The molecule has 1 aromatic heterocycles. The van der Waals surface area contributed by atoms with Gasteiger partial charge in [-0.05, 0) is 37.6 Å². The molecule has 0 unspecified atom stereocenters. The van der Waals surface area contributed by atoms with E-state index in [4.69, 9.17) is 5.11 Å². The zero-order valence-electron chi connectivity index (χ0n) is 15.0. The van der Waals surface area contributed by atoms with E-state index in [1.807, 2.05) is 36.7 Å². The summed E-state index contributed by atoms with van der Waals surface area (Å²) < 4.78 is 1.92. The van der Waals surface area contributed by atoms with Gasteiger partial charge in [0, 0.05) is 37.2 Å². The monoisotopic (exact) mass is 357 g/mol. The summed E-state index contributed by atoms with van der Waals surface area (Å²) in [6.07, 6.45) is 0.0914. The fraction of sp³-hybridized carbons (Fsp3) is 0.421. The van der Waals surface area contributed by atoms with Crippen LogP contribution in [-0.4, -0.2) is 55.5 Å². The van der Waals surface area contributed by atoms with Gasteiger partial charge in [0.15, 0.2) is 5.60 Å². The minimum absolute atomic E-state index is 0.0457. The Morgan fingerprint density at radius 2 is 1.77 bits per heavy atom. The summed E-state index contributed by atoms with van der Waals surface area (Å²) in [7, 11) is 0. The van der Waals surface area contributed by atoms with Crippen LogP contribution in [-0.2, 0) is 11.3 Å². The van der Waals surface area contributed by atoms with Crippen LogP contribution in [0.2, 0.25) is 0 Å². The van der Waals surface area contributed by atoms with E-state index in [0.717, 1.165) is 17.0 Å². The highest BCUT2D eigenvalue weighted by atomic mass is 16.4. The normalized spacial score (nSPS) is 16.5. The van der Waals surface area contributed by atoms with Gasteiger partial charge >= 0.3 is 5.97 Å². The first-order valence-corrected chi connectivity index (χ1v) is 8.63. The summed E-state index contributed by atoms with van der Waals surface area (Å²) >= 11 is 0. The predicted octanol–water partition coefficient (Wildman–Crippen LogP) is 1.60. The van der Waals surface area contributed by atoms with Crippen LogP contribution in [0, 0.1) is 13.8 Å². The number of benzene rings is 1. The van der Waals surface area contributed by atoms with Gasteiger partial charge in [-0.1, -0.05) is 12.1 Å². The molecule has 1 fully saturated rings. The van der Waals surface area contributed by atoms with Crippen molar-refractivity contribution in [2.45, 2.75) is 38.8 Å². The number of amides is 1. The number of aryl methyl sites for hydroxylation is 2. The molecule has 2 heterocycles. The number of carboxylic acid groups (broad SMARTS) is 1. The third-order valence-electron chi connectivity index (χ3n) is 4.91. The van der Waals surface area contributed by atoms with Crippen LogP contribution in [0.25, 0.3) is 0 Å². The van der Waals surface area contributed by atoms with Crippen molar-refractivity contribution < 1.29 is 19.8 Å². The topological polar surface area (TPSA) is 95.7 Å². The Hall–Kier alpha value is -2.67. The van der Waals surface area contributed by atoms with E-state index in [1.165, 1.54) is 0 Å². The number of rotatable bonds is 4. The fourth-order valence-corrected chi connectivity index (χ4v) is 3.24. The van der Waals surface area contributed by atoms with E-state index in [9.17, 15) is 14.7 Å². The molecule has 7 nitrogen and oxygen atoms in total. The van der Waals surface area contributed by atoms with Gasteiger partial charge in [-0.25, -0.2) is 4.79 Å². The highest BCUT2D eigenvalue weighted by molar-refractivity contribution is 5.94. The van der Waals surface area contributed by atoms with Gasteiger partial charge in [0.2, 0.25) is 0 Å². The SMILES string of the molecule is Cc1cc(C)n(Cc2ccc(C(=O)N3CCC(O)(C(=O)O)CC3)cc2)n1. The van der Waals surface area contributed by atoms with E-state index in [1.54, 1.807) is 17.0 Å². The molecule has 1 aromatic carbocycles. The molecule has 26 heavy (non-hydrogen) atoms. The number of hydrogen-bond donors (Lipinski definition) is 2. The molecular formula is C19H23N3O4. The van der Waals surface area contributed by atoms with Crippen LogP contribution in [0.1, 0.15) is 40.2 Å². The van der Waals surface area contributed by atoms with Gasteiger partial charge in [0.25, 0.3) is 5.91 Å². The van der Waals surface area contributed by atoms with Gasteiger partial charge in [0.05, 0.1) is 12.2 Å². The largest absolute Gasteiger partial charge is 0.479 e. The number of carbonyl (C=O) groups is 2. The Balaban J connectivity index is 1.64. The van der Waals surface area contributed by atoms with Crippen molar-refractivity contribution in [1.29, 1.82) is 0 Å². The zero-order valence-corrected chi connectivity index (χ0v) is 15.0. The molecule has 0 atom stereocenters. The summed E-state index contributed by atoms with van der Waals surface area (Å²) in [5.74, 6) is -1.37. The van der Waals surface area contributed by atoms with E-state index in [0.29, 0.717) is 12.1 Å². The molecular weight excluding hydrogens is 334 g/mol. The van der Waals surface area contributed by atoms with Crippen molar-refractivity contribution >= 4 is 11.9 Å². The molecule has 1 saturated heterocycles. The van der Waals surface area contributed by atoms with Crippen molar-refractivity contribution in [1.82, 2.24) is 14.7 Å². The maximum absolute atomic E-state index is 12.6. The lowest BCUT2D eigenvalue weighted by atomic mass is 9.91. The second-order valence-corrected chi connectivity index (χ2v) is 6.91. The second kappa shape index (κ2) is 6.92. The molecule has 2 aromatic rings. The highest BCUT2D eigenvalue weighted by Crippen LogP contribution is 2.23. The Morgan fingerprint density at radius 1 is 1.15 bits per heavy atom. The molecule has 0 aliphatic carbocycles. The number of nitrogens with zero attached hydrogens (tertiary/aromatic N) is 3. The molecule has 0 spiro atoms. The predicted molar refractivity (Wildman–Crippen MR) is 95.0 cm³/mol. The minimum atomic E-state index is -1.72. The minimum Gasteiger partial charge on any atom is -0.479 e. The first-order valence-electron chi connectivity index (χ1n) is 8.63. The van der Waals surface area contributed by atoms with Crippen molar-refractivity contribution in [3.05, 3.63) is 52.8 Å². The number of aliphatic carboxylic acids is 1. The lowest BCUT2D eigenvalue weighted by Gasteiger charge is -2.35. The van der Waals surface area contributed by atoms with Crippen molar-refractivity contribution in [2.75, 3.05) is 13.1 Å². The number of carbonyl (C=O) groups excluding carboxylic acids is 1. The van der Waals surface area contributed by atoms with Crippen LogP contribution < -0.4 is 0 Å². The third kappa shape index (κ3) is 3.62. The number of carboxylic acids is 1. The number of aromatic nitrogens is 2. The maximum atomic E-state index is 12.6. The lowest BCUT2D eigenvalue weighted by molar-refractivity contribution is -0.162. The Morgan fingerprint density at radius 3 is 2.27 bits per heavy atom. The molecule has 0 bridgehead atoms. The summed E-state index contributed by atoms with van der Waals surface area (Å²) in [6, 6.07) is 9.39. The quantitative estimate of drug-likeness (QED) is 0.866. The summed E-state index contributed by atoms with van der Waals surface area (Å²) in [5, 5.41) is 23.5. The molecule has 0 saturated carbocycles. The van der Waals surface area contributed by atoms with Crippen molar-refractivity contribution in [3.8, 4) is 0 Å². The number of likely N-dealkylation sites (tertiary alicyclic amines) is 1. The lowest BCUT2D eigenvalue weighted by Crippen LogP contribution is -2.50. The first kappa shape index (κ1) is 18.1. The van der Waals surface area contributed by atoms with E-state index in [-0.39, 0.29) is 31.8 Å². The number of piperidine rings is 1. The smallest absolute Gasteiger partial charge is 0.335 e. The van der Waals surface area contributed by atoms with Crippen LogP contribution in [0.4, 0.5) is 0 Å². The third-order valence-corrected chi connectivity index (χ3v) is 4.91.